The Balaban J connectivity index is 3.21. The van der Waals surface area contributed by atoms with Crippen molar-refractivity contribution >= 4 is 15.9 Å². The van der Waals surface area contributed by atoms with Gasteiger partial charge in [-0.15, -0.1) is 13.2 Å². The average molecular weight is 281 g/mol. The van der Waals surface area contributed by atoms with Crippen LogP contribution in [0.15, 0.2) is 10.7 Å². The Morgan fingerprint density at radius 2 is 2.13 bits per heavy atom. The molecule has 0 radical (unpaired) electrons. The summed E-state index contributed by atoms with van der Waals surface area (Å²) < 4.78 is 39.6. The summed E-state index contributed by atoms with van der Waals surface area (Å²) in [5.74, 6) is -0.748. The Morgan fingerprint density at radius 1 is 1.53 bits per heavy atom. The first-order valence-corrected chi connectivity index (χ1v) is 4.45. The van der Waals surface area contributed by atoms with E-state index in [0.717, 1.165) is 0 Å². The van der Waals surface area contributed by atoms with E-state index >= 15 is 0 Å². The summed E-state index contributed by atoms with van der Waals surface area (Å²) in [6.07, 6.45) is -3.67. The number of halogens is 4. The first-order chi connectivity index (χ1) is 6.85. The number of rotatable bonds is 1. The summed E-state index contributed by atoms with van der Waals surface area (Å²) in [6.45, 7) is 1.61. The highest BCUT2D eigenvalue weighted by Crippen LogP contribution is 2.30. The predicted molar refractivity (Wildman–Crippen MR) is 48.1 cm³/mol. The molecule has 0 fully saturated rings. The molecule has 0 aliphatic heterocycles. The zero-order valence-corrected chi connectivity index (χ0v) is 8.98. The van der Waals surface area contributed by atoms with E-state index in [1.807, 2.05) is 0 Å². The van der Waals surface area contributed by atoms with Gasteiger partial charge in [-0.1, -0.05) is 0 Å². The Bertz CT molecular complexity index is 425. The SMILES string of the molecule is Cc1cnc(OC(F)(F)F)c(C#N)c1Br. The Morgan fingerprint density at radius 3 is 2.60 bits per heavy atom. The van der Waals surface area contributed by atoms with Crippen molar-refractivity contribution < 1.29 is 17.9 Å². The molecule has 1 aromatic rings. The maximum atomic E-state index is 11.9. The molecular formula is C8H4BrF3N2O. The average Bonchev–Trinajstić information content (AvgIpc) is 2.10. The van der Waals surface area contributed by atoms with Crippen LogP contribution in [0, 0.1) is 18.3 Å². The summed E-state index contributed by atoms with van der Waals surface area (Å²) in [5.41, 5.74) is 0.286. The van der Waals surface area contributed by atoms with Crippen LogP contribution in [0.25, 0.3) is 0 Å². The van der Waals surface area contributed by atoms with Crippen LogP contribution in [0.5, 0.6) is 5.88 Å². The minimum atomic E-state index is -4.85. The van der Waals surface area contributed by atoms with Crippen LogP contribution in [0.1, 0.15) is 11.1 Å². The maximum Gasteiger partial charge on any atom is 0.574 e. The molecular weight excluding hydrogens is 277 g/mol. The molecule has 0 aromatic carbocycles. The van der Waals surface area contributed by atoms with Crippen LogP contribution in [-0.2, 0) is 0 Å². The van der Waals surface area contributed by atoms with Gasteiger partial charge in [-0.3, -0.25) is 0 Å². The van der Waals surface area contributed by atoms with Crippen molar-refractivity contribution in [1.29, 1.82) is 5.26 Å². The lowest BCUT2D eigenvalue weighted by atomic mass is 10.2. The summed E-state index contributed by atoms with van der Waals surface area (Å²) in [6, 6.07) is 1.59. The first-order valence-electron chi connectivity index (χ1n) is 3.66. The van der Waals surface area contributed by atoms with E-state index in [2.05, 4.69) is 25.7 Å². The third kappa shape index (κ3) is 2.83. The fourth-order valence-corrected chi connectivity index (χ4v) is 1.21. The molecule has 0 unspecified atom stereocenters. The molecule has 0 atom stereocenters. The highest BCUT2D eigenvalue weighted by Gasteiger charge is 2.33. The number of pyridine rings is 1. The lowest BCUT2D eigenvalue weighted by Gasteiger charge is -2.10. The van der Waals surface area contributed by atoms with Gasteiger partial charge in [0.05, 0.1) is 0 Å². The fourth-order valence-electron chi connectivity index (χ4n) is 0.852. The third-order valence-corrected chi connectivity index (χ3v) is 2.50. The van der Waals surface area contributed by atoms with Gasteiger partial charge >= 0.3 is 6.36 Å². The molecule has 0 saturated carbocycles. The summed E-state index contributed by atoms with van der Waals surface area (Å²) >= 11 is 2.99. The van der Waals surface area contributed by atoms with Crippen molar-refractivity contribution in [3.8, 4) is 11.9 Å². The van der Waals surface area contributed by atoms with Gasteiger partial charge in [0, 0.05) is 10.7 Å². The standard InChI is InChI=1S/C8H4BrF3N2O/c1-4-3-14-7(15-8(10,11)12)5(2-13)6(4)9/h3H,1H3. The third-order valence-electron chi connectivity index (χ3n) is 1.48. The number of hydrogen-bond acceptors (Lipinski definition) is 3. The van der Waals surface area contributed by atoms with E-state index in [1.54, 1.807) is 13.0 Å². The predicted octanol–water partition coefficient (Wildman–Crippen LogP) is 2.92. The van der Waals surface area contributed by atoms with Crippen molar-refractivity contribution in [3.63, 3.8) is 0 Å². The molecule has 0 aliphatic carbocycles. The van der Waals surface area contributed by atoms with Gasteiger partial charge in [-0.05, 0) is 28.4 Å². The van der Waals surface area contributed by atoms with Crippen LogP contribution in [0.3, 0.4) is 0 Å². The van der Waals surface area contributed by atoms with Crippen molar-refractivity contribution in [2.45, 2.75) is 13.3 Å². The zero-order valence-electron chi connectivity index (χ0n) is 7.39. The number of ether oxygens (including phenoxy) is 1. The van der Waals surface area contributed by atoms with Crippen molar-refractivity contribution in [1.82, 2.24) is 4.98 Å². The number of nitriles is 1. The Kier molecular flexibility index (Phi) is 3.19. The normalized spacial score (nSPS) is 10.9. The van der Waals surface area contributed by atoms with Crippen molar-refractivity contribution in [3.05, 3.63) is 21.8 Å². The number of aryl methyl sites for hydroxylation is 1. The van der Waals surface area contributed by atoms with Gasteiger partial charge in [-0.25, -0.2) is 4.98 Å². The van der Waals surface area contributed by atoms with Gasteiger partial charge in [-0.2, -0.15) is 5.26 Å². The van der Waals surface area contributed by atoms with Crippen molar-refractivity contribution in [2.24, 2.45) is 0 Å². The van der Waals surface area contributed by atoms with Crippen LogP contribution in [0.2, 0.25) is 0 Å². The molecule has 0 bridgehead atoms. The molecule has 0 aliphatic rings. The first kappa shape index (κ1) is 11.8. The van der Waals surface area contributed by atoms with Gasteiger partial charge in [0.2, 0.25) is 5.88 Å². The van der Waals surface area contributed by atoms with E-state index in [4.69, 9.17) is 5.26 Å². The second-order valence-corrected chi connectivity index (χ2v) is 3.39. The van der Waals surface area contributed by atoms with E-state index in [-0.39, 0.29) is 10.0 Å². The van der Waals surface area contributed by atoms with E-state index in [1.165, 1.54) is 6.20 Å². The molecule has 80 valence electrons. The monoisotopic (exact) mass is 280 g/mol. The van der Waals surface area contributed by atoms with Gasteiger partial charge in [0.15, 0.2) is 0 Å². The molecule has 7 heteroatoms. The van der Waals surface area contributed by atoms with Gasteiger partial charge in [0.25, 0.3) is 0 Å². The van der Waals surface area contributed by atoms with Crippen LogP contribution in [0.4, 0.5) is 13.2 Å². The second kappa shape index (κ2) is 4.06. The summed E-state index contributed by atoms with van der Waals surface area (Å²) in [4.78, 5) is 3.40. The number of hydrogen-bond donors (Lipinski definition) is 0. The molecule has 0 saturated heterocycles. The van der Waals surface area contributed by atoms with Gasteiger partial charge < -0.3 is 4.74 Å². The largest absolute Gasteiger partial charge is 0.574 e. The van der Waals surface area contributed by atoms with Gasteiger partial charge in [0.1, 0.15) is 11.6 Å². The van der Waals surface area contributed by atoms with Crippen LogP contribution >= 0.6 is 15.9 Å². The summed E-state index contributed by atoms with van der Waals surface area (Å²) in [7, 11) is 0. The van der Waals surface area contributed by atoms with Crippen molar-refractivity contribution in [2.75, 3.05) is 0 Å². The Hall–Kier alpha value is -1.29. The van der Waals surface area contributed by atoms with E-state index in [9.17, 15) is 13.2 Å². The molecule has 1 aromatic heterocycles. The molecule has 0 amide bonds. The highest BCUT2D eigenvalue weighted by molar-refractivity contribution is 9.10. The minimum Gasteiger partial charge on any atom is -0.386 e. The highest BCUT2D eigenvalue weighted by atomic mass is 79.9. The van der Waals surface area contributed by atoms with Crippen LogP contribution < -0.4 is 4.74 Å². The zero-order chi connectivity index (χ0) is 11.6. The number of aromatic nitrogens is 1. The lowest BCUT2D eigenvalue weighted by molar-refractivity contribution is -0.276. The fraction of sp³-hybridized carbons (Fsp3) is 0.250. The molecule has 15 heavy (non-hydrogen) atoms. The lowest BCUT2D eigenvalue weighted by Crippen LogP contribution is -2.19. The maximum absolute atomic E-state index is 11.9. The Labute approximate surface area is 91.6 Å². The number of nitrogens with zero attached hydrogens (tertiary/aromatic N) is 2. The molecule has 0 spiro atoms. The van der Waals surface area contributed by atoms with E-state index < -0.39 is 12.2 Å². The van der Waals surface area contributed by atoms with Crippen LogP contribution in [-0.4, -0.2) is 11.3 Å². The second-order valence-electron chi connectivity index (χ2n) is 2.59. The number of alkyl halides is 3. The van der Waals surface area contributed by atoms with E-state index in [0.29, 0.717) is 5.56 Å². The quantitative estimate of drug-likeness (QED) is 0.795. The molecule has 1 heterocycles. The smallest absolute Gasteiger partial charge is 0.386 e. The summed E-state index contributed by atoms with van der Waals surface area (Å²) in [5, 5.41) is 8.65. The molecule has 0 N–H and O–H groups in total. The topological polar surface area (TPSA) is 45.9 Å². The molecule has 1 rings (SSSR count). The molecule has 3 nitrogen and oxygen atoms in total. The minimum absolute atomic E-state index is 0.249.